The molecule has 1 N–H and O–H groups in total. The first-order valence-corrected chi connectivity index (χ1v) is 7.29. The summed E-state index contributed by atoms with van der Waals surface area (Å²) in [6.07, 6.45) is 1.68. The van der Waals surface area contributed by atoms with Gasteiger partial charge in [0.1, 0.15) is 6.26 Å². The Morgan fingerprint density at radius 3 is 2.68 bits per heavy atom. The molecule has 0 aliphatic carbocycles. The lowest BCUT2D eigenvalue weighted by molar-refractivity contribution is 0.454. The second-order valence-corrected chi connectivity index (χ2v) is 5.99. The zero-order chi connectivity index (χ0) is 13.8. The lowest BCUT2D eigenvalue weighted by Gasteiger charge is -2.10. The van der Waals surface area contributed by atoms with Crippen LogP contribution in [0.25, 0.3) is 0 Å². The van der Waals surface area contributed by atoms with Crippen LogP contribution >= 0.6 is 11.8 Å². The van der Waals surface area contributed by atoms with Gasteiger partial charge in [0.05, 0.1) is 5.69 Å². The van der Waals surface area contributed by atoms with Gasteiger partial charge in [-0.3, -0.25) is 0 Å². The van der Waals surface area contributed by atoms with Crippen LogP contribution in [0.2, 0.25) is 0 Å². The third kappa shape index (κ3) is 4.11. The van der Waals surface area contributed by atoms with E-state index in [1.165, 1.54) is 16.0 Å². The van der Waals surface area contributed by atoms with Crippen LogP contribution in [0, 0.1) is 13.8 Å². The highest BCUT2D eigenvalue weighted by molar-refractivity contribution is 7.99. The number of aryl methyl sites for hydroxylation is 2. The maximum absolute atomic E-state index is 5.37. The molecule has 1 aromatic carbocycles. The van der Waals surface area contributed by atoms with Crippen LogP contribution in [-0.2, 0) is 6.54 Å². The van der Waals surface area contributed by atoms with Crippen molar-refractivity contribution in [2.75, 3.05) is 0 Å². The molecule has 2 aromatic rings. The number of benzene rings is 1. The minimum atomic E-state index is 0.504. The lowest BCUT2D eigenvalue weighted by atomic mass is 10.1. The Morgan fingerprint density at radius 1 is 1.32 bits per heavy atom. The van der Waals surface area contributed by atoms with Gasteiger partial charge in [0.25, 0.3) is 5.22 Å². The maximum Gasteiger partial charge on any atom is 0.260 e. The maximum atomic E-state index is 5.37. The zero-order valence-electron chi connectivity index (χ0n) is 11.9. The van der Waals surface area contributed by atoms with E-state index in [2.05, 4.69) is 49.3 Å². The van der Waals surface area contributed by atoms with Crippen molar-refractivity contribution in [1.29, 1.82) is 0 Å². The molecule has 2 rings (SSSR count). The number of hydrogen-bond donors (Lipinski definition) is 1. The molecular weight excluding hydrogens is 256 g/mol. The van der Waals surface area contributed by atoms with E-state index in [9.17, 15) is 0 Å². The highest BCUT2D eigenvalue weighted by atomic mass is 32.2. The van der Waals surface area contributed by atoms with E-state index < -0.39 is 0 Å². The van der Waals surface area contributed by atoms with Gasteiger partial charge in [-0.15, -0.1) is 0 Å². The highest BCUT2D eigenvalue weighted by Gasteiger charge is 2.07. The number of hydrogen-bond acceptors (Lipinski definition) is 4. The molecule has 0 aliphatic heterocycles. The molecule has 3 nitrogen and oxygen atoms in total. The van der Waals surface area contributed by atoms with E-state index in [1.54, 1.807) is 18.0 Å². The van der Waals surface area contributed by atoms with Gasteiger partial charge < -0.3 is 9.73 Å². The van der Waals surface area contributed by atoms with E-state index in [1.807, 2.05) is 6.92 Å². The molecule has 0 bridgehead atoms. The van der Waals surface area contributed by atoms with Crippen molar-refractivity contribution in [1.82, 2.24) is 10.3 Å². The van der Waals surface area contributed by atoms with E-state index in [0.717, 1.165) is 12.2 Å². The molecule has 0 unspecified atom stereocenters. The molecule has 0 atom stereocenters. The van der Waals surface area contributed by atoms with Crippen LogP contribution in [0.3, 0.4) is 0 Å². The molecule has 0 amide bonds. The molecule has 0 radical (unpaired) electrons. The molecule has 1 heterocycles. The fourth-order valence-corrected chi connectivity index (χ4v) is 2.56. The van der Waals surface area contributed by atoms with Gasteiger partial charge in [0.2, 0.25) is 0 Å². The molecule has 0 fully saturated rings. The van der Waals surface area contributed by atoms with Crippen LogP contribution in [0.4, 0.5) is 0 Å². The van der Waals surface area contributed by atoms with Crippen molar-refractivity contribution in [2.24, 2.45) is 0 Å². The summed E-state index contributed by atoms with van der Waals surface area (Å²) in [6.45, 7) is 9.27. The Kier molecular flexibility index (Phi) is 4.66. The third-order valence-electron chi connectivity index (χ3n) is 2.75. The summed E-state index contributed by atoms with van der Waals surface area (Å²) in [5.41, 5.74) is 3.47. The molecular formula is C15H20N2OS. The molecule has 0 saturated heterocycles. The quantitative estimate of drug-likeness (QED) is 0.897. The van der Waals surface area contributed by atoms with E-state index in [0.29, 0.717) is 11.3 Å². The van der Waals surface area contributed by atoms with Crippen molar-refractivity contribution >= 4 is 11.8 Å². The standard InChI is InChI=1S/C15H20N2OS/c1-10(2)16-8-13-5-6-14(11(3)7-13)19-15-17-12(4)9-18-15/h5-7,9-10,16H,8H2,1-4H3. The molecule has 0 aliphatic rings. The number of rotatable bonds is 5. The smallest absolute Gasteiger partial charge is 0.260 e. The van der Waals surface area contributed by atoms with Crippen LogP contribution in [0.5, 0.6) is 0 Å². The SMILES string of the molecule is Cc1coc(Sc2ccc(CNC(C)C)cc2C)n1. The topological polar surface area (TPSA) is 38.1 Å². The van der Waals surface area contributed by atoms with E-state index >= 15 is 0 Å². The van der Waals surface area contributed by atoms with Gasteiger partial charge in [-0.1, -0.05) is 26.0 Å². The second-order valence-electron chi connectivity index (χ2n) is 4.99. The Hall–Kier alpha value is -1.26. The van der Waals surface area contributed by atoms with Crippen LogP contribution in [0.15, 0.2) is 39.0 Å². The molecule has 1 aromatic heterocycles. The second kappa shape index (κ2) is 6.26. The molecule has 102 valence electrons. The van der Waals surface area contributed by atoms with Gasteiger partial charge in [-0.2, -0.15) is 0 Å². The molecule has 0 spiro atoms. The summed E-state index contributed by atoms with van der Waals surface area (Å²) in [7, 11) is 0. The van der Waals surface area contributed by atoms with Crippen molar-refractivity contribution in [3.8, 4) is 0 Å². The fraction of sp³-hybridized carbons (Fsp3) is 0.400. The predicted molar refractivity (Wildman–Crippen MR) is 78.5 cm³/mol. The first-order chi connectivity index (χ1) is 9.04. The average molecular weight is 276 g/mol. The Bertz CT molecular complexity index is 549. The minimum absolute atomic E-state index is 0.504. The largest absolute Gasteiger partial charge is 0.439 e. The van der Waals surface area contributed by atoms with Gasteiger partial charge in [-0.05, 0) is 42.8 Å². The van der Waals surface area contributed by atoms with Crippen LogP contribution in [0.1, 0.15) is 30.7 Å². The van der Waals surface area contributed by atoms with Crippen LogP contribution in [-0.4, -0.2) is 11.0 Å². The Morgan fingerprint density at radius 2 is 2.11 bits per heavy atom. The summed E-state index contributed by atoms with van der Waals surface area (Å²) in [6, 6.07) is 7.01. The molecule has 4 heteroatoms. The monoisotopic (exact) mass is 276 g/mol. The lowest BCUT2D eigenvalue weighted by Crippen LogP contribution is -2.21. The zero-order valence-corrected chi connectivity index (χ0v) is 12.7. The Balaban J connectivity index is 2.06. The third-order valence-corrected chi connectivity index (χ3v) is 3.79. The van der Waals surface area contributed by atoms with E-state index in [4.69, 9.17) is 4.42 Å². The van der Waals surface area contributed by atoms with Gasteiger partial charge in [0, 0.05) is 17.5 Å². The van der Waals surface area contributed by atoms with Crippen molar-refractivity contribution in [3.63, 3.8) is 0 Å². The first-order valence-electron chi connectivity index (χ1n) is 6.47. The van der Waals surface area contributed by atoms with Crippen molar-refractivity contribution in [2.45, 2.75) is 50.4 Å². The van der Waals surface area contributed by atoms with Gasteiger partial charge in [0.15, 0.2) is 0 Å². The van der Waals surface area contributed by atoms with Gasteiger partial charge in [-0.25, -0.2) is 4.98 Å². The Labute approximate surface area is 118 Å². The highest BCUT2D eigenvalue weighted by Crippen LogP contribution is 2.30. The predicted octanol–water partition coefficient (Wildman–Crippen LogP) is 3.94. The van der Waals surface area contributed by atoms with E-state index in [-0.39, 0.29) is 0 Å². The van der Waals surface area contributed by atoms with Crippen LogP contribution < -0.4 is 5.32 Å². The summed E-state index contributed by atoms with van der Waals surface area (Å²) < 4.78 is 5.37. The van der Waals surface area contributed by atoms with Crippen molar-refractivity contribution in [3.05, 3.63) is 41.3 Å². The average Bonchev–Trinajstić information content (AvgIpc) is 2.75. The molecule has 0 saturated carbocycles. The molecule has 19 heavy (non-hydrogen) atoms. The normalized spacial score (nSPS) is 11.2. The van der Waals surface area contributed by atoms with Crippen molar-refractivity contribution < 1.29 is 4.42 Å². The summed E-state index contributed by atoms with van der Waals surface area (Å²) in [5, 5.41) is 4.13. The summed E-state index contributed by atoms with van der Waals surface area (Å²) in [4.78, 5) is 5.50. The van der Waals surface area contributed by atoms with Gasteiger partial charge >= 0.3 is 0 Å². The minimum Gasteiger partial charge on any atom is -0.439 e. The number of aromatic nitrogens is 1. The summed E-state index contributed by atoms with van der Waals surface area (Å²) >= 11 is 1.57. The number of nitrogens with one attached hydrogen (secondary N) is 1. The number of oxazole rings is 1. The summed E-state index contributed by atoms with van der Waals surface area (Å²) in [5.74, 6) is 0. The number of nitrogens with zero attached hydrogens (tertiary/aromatic N) is 1. The first kappa shape index (κ1) is 14.2. The fourth-order valence-electron chi connectivity index (χ4n) is 1.73.